The monoisotopic (exact) mass is 250 g/mol. The fourth-order valence-electron chi connectivity index (χ4n) is 2.02. The molecule has 0 radical (unpaired) electrons. The van der Waals surface area contributed by atoms with E-state index in [-0.39, 0.29) is 24.6 Å². The molecule has 18 heavy (non-hydrogen) atoms. The number of nitrogens with one attached hydrogen (secondary N) is 1. The fourth-order valence-corrected chi connectivity index (χ4v) is 2.02. The molecule has 1 aromatic heterocycles. The Morgan fingerprint density at radius 3 is 2.89 bits per heavy atom. The molecule has 5 heteroatoms. The summed E-state index contributed by atoms with van der Waals surface area (Å²) in [6, 6.07) is 3.46. The van der Waals surface area contributed by atoms with Crippen molar-refractivity contribution in [2.24, 2.45) is 0 Å². The molecular formula is C13H18N2O3. The summed E-state index contributed by atoms with van der Waals surface area (Å²) in [5.41, 5.74) is -0.273. The molecule has 0 bridgehead atoms. The summed E-state index contributed by atoms with van der Waals surface area (Å²) in [5, 5.41) is 12.5. The highest BCUT2D eigenvalue weighted by Gasteiger charge is 2.34. The van der Waals surface area contributed by atoms with Gasteiger partial charge < -0.3 is 15.0 Å². The van der Waals surface area contributed by atoms with Crippen LogP contribution in [0, 0.1) is 6.92 Å². The number of carbonyl (C=O) groups excluding carboxylic acids is 1. The Morgan fingerprint density at radius 2 is 2.28 bits per heavy atom. The molecule has 2 rings (SSSR count). The molecule has 1 fully saturated rings. The van der Waals surface area contributed by atoms with Crippen LogP contribution in [-0.2, 0) is 11.3 Å². The molecule has 1 aliphatic carbocycles. The third-order valence-electron chi connectivity index (χ3n) is 3.42. The molecule has 0 aliphatic heterocycles. The van der Waals surface area contributed by atoms with E-state index in [1.807, 2.05) is 0 Å². The molecule has 0 spiro atoms. The molecule has 98 valence electrons. The Labute approximate surface area is 105 Å². The Balaban J connectivity index is 1.91. The zero-order valence-corrected chi connectivity index (χ0v) is 10.5. The summed E-state index contributed by atoms with van der Waals surface area (Å²) in [4.78, 5) is 23.4. The standard InChI is InChI=1S/C13H18N2O3/c1-10-4-2-7-15(12(10)17)8-11(16)14-9-13(18)5-3-6-13/h2,4,7,18H,3,5-6,8-9H2,1H3,(H,14,16). The van der Waals surface area contributed by atoms with E-state index in [0.717, 1.165) is 19.3 Å². The number of amides is 1. The van der Waals surface area contributed by atoms with E-state index >= 15 is 0 Å². The summed E-state index contributed by atoms with van der Waals surface area (Å²) in [6.45, 7) is 1.98. The molecule has 5 nitrogen and oxygen atoms in total. The Morgan fingerprint density at radius 1 is 1.56 bits per heavy atom. The van der Waals surface area contributed by atoms with Gasteiger partial charge in [0.25, 0.3) is 5.56 Å². The van der Waals surface area contributed by atoms with Gasteiger partial charge in [-0.25, -0.2) is 0 Å². The first-order valence-corrected chi connectivity index (χ1v) is 6.15. The zero-order valence-electron chi connectivity index (χ0n) is 10.5. The number of hydrogen-bond donors (Lipinski definition) is 2. The van der Waals surface area contributed by atoms with Crippen molar-refractivity contribution in [1.29, 1.82) is 0 Å². The Hall–Kier alpha value is -1.62. The van der Waals surface area contributed by atoms with Crippen LogP contribution >= 0.6 is 0 Å². The van der Waals surface area contributed by atoms with Crippen LogP contribution in [0.2, 0.25) is 0 Å². The molecule has 0 saturated heterocycles. The first-order chi connectivity index (χ1) is 8.50. The summed E-state index contributed by atoms with van der Waals surface area (Å²) in [5.74, 6) is -0.247. The number of aliphatic hydroxyl groups is 1. The van der Waals surface area contributed by atoms with Gasteiger partial charge >= 0.3 is 0 Å². The normalized spacial score (nSPS) is 17.0. The first-order valence-electron chi connectivity index (χ1n) is 6.15. The van der Waals surface area contributed by atoms with Crippen LogP contribution < -0.4 is 10.9 Å². The van der Waals surface area contributed by atoms with Gasteiger partial charge in [0.15, 0.2) is 0 Å². The summed E-state index contributed by atoms with van der Waals surface area (Å²) in [7, 11) is 0. The molecule has 1 aliphatic rings. The molecule has 1 heterocycles. The van der Waals surface area contributed by atoms with Crippen LogP contribution in [0.1, 0.15) is 24.8 Å². The van der Waals surface area contributed by atoms with E-state index in [0.29, 0.717) is 5.56 Å². The van der Waals surface area contributed by atoms with Gasteiger partial charge in [-0.15, -0.1) is 0 Å². The van der Waals surface area contributed by atoms with E-state index in [2.05, 4.69) is 5.32 Å². The number of rotatable bonds is 4. The average Bonchev–Trinajstić information content (AvgIpc) is 2.30. The van der Waals surface area contributed by atoms with Crippen molar-refractivity contribution in [3.8, 4) is 0 Å². The lowest BCUT2D eigenvalue weighted by Crippen LogP contribution is -2.48. The van der Waals surface area contributed by atoms with Crippen molar-refractivity contribution in [3.05, 3.63) is 34.2 Å². The number of nitrogens with zero attached hydrogens (tertiary/aromatic N) is 1. The highest BCUT2D eigenvalue weighted by Crippen LogP contribution is 2.30. The topological polar surface area (TPSA) is 71.3 Å². The van der Waals surface area contributed by atoms with Gasteiger partial charge in [0.05, 0.1) is 5.60 Å². The predicted octanol–water partition coefficient (Wildman–Crippen LogP) is 0.188. The van der Waals surface area contributed by atoms with E-state index in [1.165, 1.54) is 4.57 Å². The molecule has 0 unspecified atom stereocenters. The first kappa shape index (κ1) is 12.8. The highest BCUT2D eigenvalue weighted by molar-refractivity contribution is 5.75. The lowest BCUT2D eigenvalue weighted by Gasteiger charge is -2.36. The minimum absolute atomic E-state index is 0.00338. The fraction of sp³-hybridized carbons (Fsp3) is 0.538. The number of aryl methyl sites for hydroxylation is 1. The highest BCUT2D eigenvalue weighted by atomic mass is 16.3. The lowest BCUT2D eigenvalue weighted by molar-refractivity contribution is -0.124. The van der Waals surface area contributed by atoms with E-state index in [1.54, 1.807) is 25.3 Å². The second-order valence-corrected chi connectivity index (χ2v) is 4.98. The number of aromatic nitrogens is 1. The summed E-state index contributed by atoms with van der Waals surface area (Å²) >= 11 is 0. The molecule has 1 saturated carbocycles. The van der Waals surface area contributed by atoms with Crippen molar-refractivity contribution >= 4 is 5.91 Å². The second kappa shape index (κ2) is 4.94. The van der Waals surface area contributed by atoms with Crippen LogP contribution in [0.5, 0.6) is 0 Å². The smallest absolute Gasteiger partial charge is 0.253 e. The number of pyridine rings is 1. The van der Waals surface area contributed by atoms with Crippen molar-refractivity contribution in [1.82, 2.24) is 9.88 Å². The van der Waals surface area contributed by atoms with Gasteiger partial charge in [-0.2, -0.15) is 0 Å². The van der Waals surface area contributed by atoms with Gasteiger partial charge in [0.2, 0.25) is 5.91 Å². The maximum absolute atomic E-state index is 11.7. The quantitative estimate of drug-likeness (QED) is 0.801. The predicted molar refractivity (Wildman–Crippen MR) is 67.2 cm³/mol. The maximum atomic E-state index is 11.7. The van der Waals surface area contributed by atoms with Gasteiger partial charge in [-0.05, 0) is 32.3 Å². The third-order valence-corrected chi connectivity index (χ3v) is 3.42. The van der Waals surface area contributed by atoms with Gasteiger partial charge in [-0.1, -0.05) is 6.07 Å². The molecule has 2 N–H and O–H groups in total. The van der Waals surface area contributed by atoms with Crippen LogP contribution in [-0.4, -0.2) is 27.7 Å². The van der Waals surface area contributed by atoms with Crippen molar-refractivity contribution in [2.45, 2.75) is 38.3 Å². The van der Waals surface area contributed by atoms with Crippen molar-refractivity contribution in [3.63, 3.8) is 0 Å². The number of carbonyl (C=O) groups is 1. The average molecular weight is 250 g/mol. The second-order valence-electron chi connectivity index (χ2n) is 4.98. The van der Waals surface area contributed by atoms with Crippen molar-refractivity contribution < 1.29 is 9.90 Å². The zero-order chi connectivity index (χ0) is 13.2. The molecular weight excluding hydrogens is 232 g/mol. The van der Waals surface area contributed by atoms with E-state index in [9.17, 15) is 14.7 Å². The molecule has 0 atom stereocenters. The Kier molecular flexibility index (Phi) is 3.52. The van der Waals surface area contributed by atoms with Crippen LogP contribution in [0.3, 0.4) is 0 Å². The van der Waals surface area contributed by atoms with E-state index < -0.39 is 5.60 Å². The lowest BCUT2D eigenvalue weighted by atomic mass is 9.80. The van der Waals surface area contributed by atoms with Crippen molar-refractivity contribution in [2.75, 3.05) is 6.54 Å². The molecule has 0 aromatic carbocycles. The maximum Gasteiger partial charge on any atom is 0.253 e. The molecule has 1 amide bonds. The number of hydrogen-bond acceptors (Lipinski definition) is 3. The minimum atomic E-state index is -0.729. The van der Waals surface area contributed by atoms with Gasteiger partial charge in [0.1, 0.15) is 6.54 Å². The van der Waals surface area contributed by atoms with Crippen LogP contribution in [0.4, 0.5) is 0 Å². The summed E-state index contributed by atoms with van der Waals surface area (Å²) in [6.07, 6.45) is 4.06. The van der Waals surface area contributed by atoms with Gasteiger partial charge in [-0.3, -0.25) is 9.59 Å². The van der Waals surface area contributed by atoms with Gasteiger partial charge in [0, 0.05) is 18.3 Å². The summed E-state index contributed by atoms with van der Waals surface area (Å²) < 4.78 is 1.37. The molecule has 1 aromatic rings. The largest absolute Gasteiger partial charge is 0.388 e. The van der Waals surface area contributed by atoms with Crippen LogP contribution in [0.15, 0.2) is 23.1 Å². The Bertz CT molecular complexity index is 503. The third kappa shape index (κ3) is 2.79. The SMILES string of the molecule is Cc1cccn(CC(=O)NCC2(O)CCC2)c1=O. The minimum Gasteiger partial charge on any atom is -0.388 e. The van der Waals surface area contributed by atoms with E-state index in [4.69, 9.17) is 0 Å². The van der Waals surface area contributed by atoms with Crippen LogP contribution in [0.25, 0.3) is 0 Å².